The molecule has 17 heavy (non-hydrogen) atoms. The van der Waals surface area contributed by atoms with Gasteiger partial charge in [0.25, 0.3) is 0 Å². The number of urea groups is 1. The number of aryl methyl sites for hydroxylation is 2. The van der Waals surface area contributed by atoms with Crippen molar-refractivity contribution in [2.45, 2.75) is 26.8 Å². The average molecular weight is 235 g/mol. The molecule has 1 aromatic carbocycles. The summed E-state index contributed by atoms with van der Waals surface area (Å²) in [6.45, 7) is 5.48. The Morgan fingerprint density at radius 2 is 1.71 bits per heavy atom. The third-order valence-electron chi connectivity index (χ3n) is 2.24. The van der Waals surface area contributed by atoms with Gasteiger partial charge in [-0.3, -0.25) is 4.79 Å². The molecule has 0 fully saturated rings. The van der Waals surface area contributed by atoms with Crippen molar-refractivity contribution in [1.82, 2.24) is 5.32 Å². The van der Waals surface area contributed by atoms with E-state index in [-0.39, 0.29) is 5.91 Å². The van der Waals surface area contributed by atoms with Crippen LogP contribution in [0.5, 0.6) is 0 Å². The highest BCUT2D eigenvalue weighted by atomic mass is 16.2. The van der Waals surface area contributed by atoms with Gasteiger partial charge in [-0.25, -0.2) is 4.79 Å². The number of anilines is 1. The van der Waals surface area contributed by atoms with Crippen molar-refractivity contribution in [3.8, 4) is 0 Å². The summed E-state index contributed by atoms with van der Waals surface area (Å²) in [5.74, 6) is -0.297. The molecule has 0 unspecified atom stereocenters. The highest BCUT2D eigenvalue weighted by Crippen LogP contribution is 2.13. The van der Waals surface area contributed by atoms with Gasteiger partial charge in [-0.05, 0) is 44.0 Å². The van der Waals surface area contributed by atoms with Gasteiger partial charge in [-0.2, -0.15) is 0 Å². The number of primary amides is 1. The zero-order valence-electron chi connectivity index (χ0n) is 10.2. The van der Waals surface area contributed by atoms with Gasteiger partial charge in [0.15, 0.2) is 0 Å². The quantitative estimate of drug-likeness (QED) is 0.737. The summed E-state index contributed by atoms with van der Waals surface area (Å²) >= 11 is 0. The standard InChI is InChI=1S/C12H17N3O2/c1-7-4-8(2)6-10(5-7)15-11(16)9(3)14-12(13)17/h4-6,9H,1-3H3,(H,15,16)(H3,13,14,17)/t9-/m1/s1. The number of nitrogens with two attached hydrogens (primary N) is 1. The summed E-state index contributed by atoms with van der Waals surface area (Å²) in [5.41, 5.74) is 7.79. The van der Waals surface area contributed by atoms with E-state index in [4.69, 9.17) is 5.73 Å². The number of hydrogen-bond donors (Lipinski definition) is 3. The van der Waals surface area contributed by atoms with E-state index in [0.717, 1.165) is 11.1 Å². The second-order valence-electron chi connectivity index (χ2n) is 4.10. The number of carbonyl (C=O) groups excluding carboxylic acids is 2. The molecule has 1 atom stereocenters. The fraction of sp³-hybridized carbons (Fsp3) is 0.333. The Morgan fingerprint density at radius 3 is 2.18 bits per heavy atom. The minimum absolute atomic E-state index is 0.297. The summed E-state index contributed by atoms with van der Waals surface area (Å²) in [5, 5.41) is 5.04. The molecular weight excluding hydrogens is 218 g/mol. The molecule has 4 N–H and O–H groups in total. The first kappa shape index (κ1) is 13.0. The first-order valence-electron chi connectivity index (χ1n) is 5.33. The Hall–Kier alpha value is -2.04. The molecule has 0 saturated carbocycles. The zero-order valence-corrected chi connectivity index (χ0v) is 10.2. The smallest absolute Gasteiger partial charge is 0.312 e. The minimum atomic E-state index is -0.715. The number of benzene rings is 1. The maximum atomic E-state index is 11.7. The predicted octanol–water partition coefficient (Wildman–Crippen LogP) is 1.30. The van der Waals surface area contributed by atoms with E-state index < -0.39 is 12.1 Å². The third kappa shape index (κ3) is 4.14. The monoisotopic (exact) mass is 235 g/mol. The second kappa shape index (κ2) is 5.34. The van der Waals surface area contributed by atoms with Crippen LogP contribution >= 0.6 is 0 Å². The fourth-order valence-corrected chi connectivity index (χ4v) is 1.58. The topological polar surface area (TPSA) is 84.2 Å². The van der Waals surface area contributed by atoms with E-state index in [2.05, 4.69) is 10.6 Å². The van der Waals surface area contributed by atoms with Crippen molar-refractivity contribution in [1.29, 1.82) is 0 Å². The van der Waals surface area contributed by atoms with Crippen molar-refractivity contribution in [3.05, 3.63) is 29.3 Å². The van der Waals surface area contributed by atoms with Gasteiger partial charge in [-0.15, -0.1) is 0 Å². The van der Waals surface area contributed by atoms with Crippen LogP contribution in [0, 0.1) is 13.8 Å². The van der Waals surface area contributed by atoms with E-state index in [1.54, 1.807) is 6.92 Å². The summed E-state index contributed by atoms with van der Waals surface area (Å²) in [7, 11) is 0. The molecule has 0 aliphatic carbocycles. The SMILES string of the molecule is Cc1cc(C)cc(NC(=O)[C@@H](C)NC(N)=O)c1. The van der Waals surface area contributed by atoms with Crippen molar-refractivity contribution in [3.63, 3.8) is 0 Å². The first-order valence-corrected chi connectivity index (χ1v) is 5.33. The van der Waals surface area contributed by atoms with E-state index in [1.807, 2.05) is 32.0 Å². The first-order chi connectivity index (χ1) is 7.88. The molecule has 0 saturated heterocycles. The van der Waals surface area contributed by atoms with Crippen LogP contribution in [-0.4, -0.2) is 18.0 Å². The normalized spacial score (nSPS) is 11.7. The molecule has 0 spiro atoms. The Labute approximate surface area is 100 Å². The largest absolute Gasteiger partial charge is 0.352 e. The Kier molecular flexibility index (Phi) is 4.09. The van der Waals surface area contributed by atoms with Crippen LogP contribution in [0.3, 0.4) is 0 Å². The van der Waals surface area contributed by atoms with Gasteiger partial charge >= 0.3 is 6.03 Å². The van der Waals surface area contributed by atoms with Crippen molar-refractivity contribution in [2.75, 3.05) is 5.32 Å². The Morgan fingerprint density at radius 1 is 1.18 bits per heavy atom. The second-order valence-corrected chi connectivity index (χ2v) is 4.10. The predicted molar refractivity (Wildman–Crippen MR) is 66.7 cm³/mol. The van der Waals surface area contributed by atoms with Crippen LogP contribution in [0.1, 0.15) is 18.1 Å². The lowest BCUT2D eigenvalue weighted by atomic mass is 10.1. The van der Waals surface area contributed by atoms with Crippen LogP contribution in [-0.2, 0) is 4.79 Å². The highest BCUT2D eigenvalue weighted by Gasteiger charge is 2.14. The van der Waals surface area contributed by atoms with E-state index >= 15 is 0 Å². The fourth-order valence-electron chi connectivity index (χ4n) is 1.58. The van der Waals surface area contributed by atoms with E-state index in [1.165, 1.54) is 0 Å². The molecule has 0 aromatic heterocycles. The van der Waals surface area contributed by atoms with Gasteiger partial charge in [-0.1, -0.05) is 6.07 Å². The number of carbonyl (C=O) groups is 2. The molecule has 1 rings (SSSR count). The minimum Gasteiger partial charge on any atom is -0.352 e. The van der Waals surface area contributed by atoms with Crippen LogP contribution < -0.4 is 16.4 Å². The van der Waals surface area contributed by atoms with E-state index in [0.29, 0.717) is 5.69 Å². The molecule has 0 aliphatic heterocycles. The molecule has 0 heterocycles. The van der Waals surface area contributed by atoms with Crippen molar-refractivity contribution < 1.29 is 9.59 Å². The van der Waals surface area contributed by atoms with Gasteiger partial charge in [0.1, 0.15) is 6.04 Å². The molecule has 5 heteroatoms. The van der Waals surface area contributed by atoms with Crippen LogP contribution in [0.2, 0.25) is 0 Å². The molecule has 0 bridgehead atoms. The molecule has 3 amide bonds. The van der Waals surface area contributed by atoms with Crippen molar-refractivity contribution in [2.24, 2.45) is 5.73 Å². The van der Waals surface area contributed by atoms with E-state index in [9.17, 15) is 9.59 Å². The van der Waals surface area contributed by atoms with Gasteiger partial charge in [0.2, 0.25) is 5.91 Å². The van der Waals surface area contributed by atoms with Crippen LogP contribution in [0.25, 0.3) is 0 Å². The van der Waals surface area contributed by atoms with Crippen LogP contribution in [0.15, 0.2) is 18.2 Å². The number of amides is 3. The molecule has 5 nitrogen and oxygen atoms in total. The molecule has 0 aliphatic rings. The third-order valence-corrected chi connectivity index (χ3v) is 2.24. The molecule has 0 radical (unpaired) electrons. The van der Waals surface area contributed by atoms with Gasteiger partial charge in [0, 0.05) is 5.69 Å². The summed E-state index contributed by atoms with van der Waals surface area (Å²) in [4.78, 5) is 22.3. The molecular formula is C12H17N3O2. The maximum absolute atomic E-state index is 11.7. The molecule has 92 valence electrons. The highest BCUT2D eigenvalue weighted by molar-refractivity contribution is 5.96. The molecule has 1 aromatic rings. The number of rotatable bonds is 3. The Balaban J connectivity index is 2.70. The lowest BCUT2D eigenvalue weighted by Gasteiger charge is -2.13. The average Bonchev–Trinajstić information content (AvgIpc) is 2.14. The number of hydrogen-bond acceptors (Lipinski definition) is 2. The summed E-state index contributed by atoms with van der Waals surface area (Å²) in [6.07, 6.45) is 0. The van der Waals surface area contributed by atoms with Gasteiger partial charge < -0.3 is 16.4 Å². The maximum Gasteiger partial charge on any atom is 0.312 e. The Bertz CT molecular complexity index is 423. The van der Waals surface area contributed by atoms with Crippen molar-refractivity contribution >= 4 is 17.6 Å². The lowest BCUT2D eigenvalue weighted by molar-refractivity contribution is -0.117. The van der Waals surface area contributed by atoms with Gasteiger partial charge in [0.05, 0.1) is 0 Å². The number of nitrogens with one attached hydrogen (secondary N) is 2. The lowest BCUT2D eigenvalue weighted by Crippen LogP contribution is -2.44. The summed E-state index contributed by atoms with van der Waals surface area (Å²) in [6, 6.07) is 4.37. The summed E-state index contributed by atoms with van der Waals surface area (Å²) < 4.78 is 0. The zero-order chi connectivity index (χ0) is 13.0. The van der Waals surface area contributed by atoms with Crippen LogP contribution in [0.4, 0.5) is 10.5 Å².